The first kappa shape index (κ1) is 16.4. The molecule has 1 atom stereocenters. The molecule has 0 saturated carbocycles. The lowest BCUT2D eigenvalue weighted by Gasteiger charge is -2.24. The van der Waals surface area contributed by atoms with E-state index >= 15 is 0 Å². The fourth-order valence-corrected chi connectivity index (χ4v) is 4.67. The predicted octanol–water partition coefficient (Wildman–Crippen LogP) is 4.76. The topological polar surface area (TPSA) is 44.8 Å². The molecule has 0 saturated heterocycles. The Bertz CT molecular complexity index is 603. The van der Waals surface area contributed by atoms with Gasteiger partial charge in [-0.1, -0.05) is 30.3 Å². The van der Waals surface area contributed by atoms with E-state index in [-0.39, 0.29) is 0 Å². The number of rotatable bonds is 7. The maximum Gasteiger partial charge on any atom is 0.364 e. The lowest BCUT2D eigenvalue weighted by Crippen LogP contribution is -2.08. The van der Waals surface area contributed by atoms with Crippen LogP contribution in [0.2, 0.25) is 0 Å². The molecule has 1 aromatic heterocycles. The first-order chi connectivity index (χ1) is 10.1. The zero-order valence-corrected chi connectivity index (χ0v) is 14.0. The summed E-state index contributed by atoms with van der Waals surface area (Å²) in [5.74, 6) is -0.715. The highest BCUT2D eigenvalue weighted by molar-refractivity contribution is 7.54. The number of benzene rings is 1. The van der Waals surface area contributed by atoms with Gasteiger partial charge >= 0.3 is 7.60 Å². The molecule has 1 aromatic carbocycles. The summed E-state index contributed by atoms with van der Waals surface area (Å²) in [7, 11) is -0.594. The number of hydrogen-bond acceptors (Lipinski definition) is 5. The Kier molecular flexibility index (Phi) is 5.73. The van der Waals surface area contributed by atoms with Gasteiger partial charge in [-0.25, -0.2) is 0 Å². The molecule has 2 aromatic rings. The third-order valence-electron chi connectivity index (χ3n) is 3.17. The normalized spacial score (nSPS) is 13.3. The van der Waals surface area contributed by atoms with Crippen LogP contribution in [0.3, 0.4) is 0 Å². The molecule has 0 bridgehead atoms. The molecular weight excluding hydrogens is 307 g/mol. The fourth-order valence-electron chi connectivity index (χ4n) is 1.96. The van der Waals surface area contributed by atoms with E-state index in [9.17, 15) is 4.57 Å². The largest absolute Gasteiger partial charge is 0.364 e. The second kappa shape index (κ2) is 7.34. The van der Waals surface area contributed by atoms with Gasteiger partial charge in [-0.3, -0.25) is 4.57 Å². The summed E-state index contributed by atoms with van der Waals surface area (Å²) in [5, 5.41) is 1.94. The molecule has 1 heterocycles. The third-order valence-corrected chi connectivity index (χ3v) is 6.41. The zero-order valence-electron chi connectivity index (χ0n) is 12.3. The summed E-state index contributed by atoms with van der Waals surface area (Å²) in [4.78, 5) is 0.873. The van der Waals surface area contributed by atoms with E-state index in [0.29, 0.717) is 6.61 Å². The average Bonchev–Trinajstić information content (AvgIpc) is 2.94. The Morgan fingerprint density at radius 3 is 2.33 bits per heavy atom. The molecule has 21 heavy (non-hydrogen) atoms. The van der Waals surface area contributed by atoms with E-state index in [2.05, 4.69) is 0 Å². The van der Waals surface area contributed by atoms with Gasteiger partial charge in [0, 0.05) is 19.1 Å². The summed E-state index contributed by atoms with van der Waals surface area (Å²) in [5.41, 5.74) is 2.03. The first-order valence-electron chi connectivity index (χ1n) is 6.51. The quantitative estimate of drug-likeness (QED) is 0.688. The molecule has 6 heteroatoms. The monoisotopic (exact) mass is 326 g/mol. The smallest absolute Gasteiger partial charge is 0.355 e. The average molecular weight is 326 g/mol. The van der Waals surface area contributed by atoms with E-state index in [0.717, 1.165) is 16.0 Å². The van der Waals surface area contributed by atoms with Crippen LogP contribution in [-0.2, 0) is 25.0 Å². The highest BCUT2D eigenvalue weighted by Gasteiger charge is 2.38. The third kappa shape index (κ3) is 3.82. The van der Waals surface area contributed by atoms with Gasteiger partial charge in [-0.15, -0.1) is 11.3 Å². The van der Waals surface area contributed by atoms with Gasteiger partial charge in [0.25, 0.3) is 0 Å². The number of hydrogen-bond donors (Lipinski definition) is 0. The number of thiophene rings is 1. The molecule has 114 valence electrons. The molecule has 0 radical (unpaired) electrons. The Balaban J connectivity index is 2.25. The lowest BCUT2D eigenvalue weighted by molar-refractivity contribution is 0.0675. The van der Waals surface area contributed by atoms with Crippen LogP contribution < -0.4 is 0 Å². The van der Waals surface area contributed by atoms with Crippen molar-refractivity contribution >= 4 is 18.9 Å². The van der Waals surface area contributed by atoms with E-state index in [1.165, 1.54) is 25.6 Å². The van der Waals surface area contributed by atoms with Crippen molar-refractivity contribution in [1.29, 1.82) is 0 Å². The molecule has 4 nitrogen and oxygen atoms in total. The van der Waals surface area contributed by atoms with E-state index < -0.39 is 13.4 Å². The van der Waals surface area contributed by atoms with Gasteiger partial charge in [0.15, 0.2) is 5.85 Å². The Hall–Kier alpha value is -0.970. The number of aryl methyl sites for hydroxylation is 1. The van der Waals surface area contributed by atoms with Crippen molar-refractivity contribution in [2.45, 2.75) is 19.4 Å². The van der Waals surface area contributed by atoms with Crippen molar-refractivity contribution < 1.29 is 18.3 Å². The van der Waals surface area contributed by atoms with Crippen molar-refractivity contribution in [3.63, 3.8) is 0 Å². The molecule has 1 unspecified atom stereocenters. The standard InChI is InChI=1S/C15H19O4PS/c1-12-9-10-21-14(12)15(20(16,17-2)18-3)19-11-13-7-5-4-6-8-13/h4-10,15H,11H2,1-3H3. The predicted molar refractivity (Wildman–Crippen MR) is 84.7 cm³/mol. The SMILES string of the molecule is COP(=O)(OC)C(OCc1ccccc1)c1sccc1C. The maximum atomic E-state index is 12.8. The van der Waals surface area contributed by atoms with E-state index in [1.807, 2.05) is 48.7 Å². The first-order valence-corrected chi connectivity index (χ1v) is 9.00. The molecule has 0 spiro atoms. The summed E-state index contributed by atoms with van der Waals surface area (Å²) < 4.78 is 28.9. The molecule has 0 amide bonds. The molecule has 0 fully saturated rings. The van der Waals surface area contributed by atoms with Gasteiger partial charge in [0.2, 0.25) is 0 Å². The maximum absolute atomic E-state index is 12.8. The Morgan fingerprint density at radius 1 is 1.14 bits per heavy atom. The Labute approximate surface area is 129 Å². The van der Waals surface area contributed by atoms with E-state index in [1.54, 1.807) is 0 Å². The summed E-state index contributed by atoms with van der Waals surface area (Å²) in [6, 6.07) is 11.7. The van der Waals surface area contributed by atoms with Gasteiger partial charge in [-0.2, -0.15) is 0 Å². The summed E-state index contributed by atoms with van der Waals surface area (Å²) in [6.07, 6.45) is 0. The number of ether oxygens (including phenoxy) is 1. The van der Waals surface area contributed by atoms with Crippen LogP contribution in [0.4, 0.5) is 0 Å². The van der Waals surface area contributed by atoms with Crippen LogP contribution in [0.5, 0.6) is 0 Å². The summed E-state index contributed by atoms with van der Waals surface area (Å²) >= 11 is 1.49. The molecule has 0 aliphatic carbocycles. The van der Waals surface area contributed by atoms with Crippen LogP contribution in [0.25, 0.3) is 0 Å². The fraction of sp³-hybridized carbons (Fsp3) is 0.333. The summed E-state index contributed by atoms with van der Waals surface area (Å²) in [6.45, 7) is 2.31. The molecular formula is C15H19O4PS. The molecule has 2 rings (SSSR count). The van der Waals surface area contributed by atoms with Crippen LogP contribution in [0, 0.1) is 6.92 Å². The van der Waals surface area contributed by atoms with Gasteiger partial charge < -0.3 is 13.8 Å². The van der Waals surface area contributed by atoms with Crippen LogP contribution >= 0.6 is 18.9 Å². The highest BCUT2D eigenvalue weighted by Crippen LogP contribution is 2.61. The van der Waals surface area contributed by atoms with Gasteiger partial charge in [-0.05, 0) is 29.5 Å². The lowest BCUT2D eigenvalue weighted by atomic mass is 10.2. The molecule has 0 aliphatic heterocycles. The Morgan fingerprint density at radius 2 is 1.81 bits per heavy atom. The van der Waals surface area contributed by atoms with Crippen LogP contribution in [0.15, 0.2) is 41.8 Å². The zero-order chi connectivity index (χ0) is 15.3. The van der Waals surface area contributed by atoms with Crippen LogP contribution in [-0.4, -0.2) is 14.2 Å². The van der Waals surface area contributed by atoms with Gasteiger partial charge in [0.05, 0.1) is 6.61 Å². The second-order valence-corrected chi connectivity index (χ2v) is 7.75. The van der Waals surface area contributed by atoms with Crippen molar-refractivity contribution in [3.05, 3.63) is 57.8 Å². The second-order valence-electron chi connectivity index (χ2n) is 4.52. The van der Waals surface area contributed by atoms with Crippen molar-refractivity contribution in [2.75, 3.05) is 14.2 Å². The molecule has 0 aliphatic rings. The minimum absolute atomic E-state index is 0.347. The van der Waals surface area contributed by atoms with Crippen molar-refractivity contribution in [3.8, 4) is 0 Å². The van der Waals surface area contributed by atoms with Crippen LogP contribution in [0.1, 0.15) is 21.8 Å². The van der Waals surface area contributed by atoms with Gasteiger partial charge in [0.1, 0.15) is 0 Å². The van der Waals surface area contributed by atoms with E-state index in [4.69, 9.17) is 13.8 Å². The minimum atomic E-state index is -3.36. The molecule has 0 N–H and O–H groups in total. The van der Waals surface area contributed by atoms with Crippen molar-refractivity contribution in [1.82, 2.24) is 0 Å². The highest BCUT2D eigenvalue weighted by atomic mass is 32.1. The van der Waals surface area contributed by atoms with Crippen molar-refractivity contribution in [2.24, 2.45) is 0 Å². The minimum Gasteiger partial charge on any atom is -0.355 e.